The van der Waals surface area contributed by atoms with Crippen molar-refractivity contribution in [3.8, 4) is 0 Å². The predicted molar refractivity (Wildman–Crippen MR) is 114 cm³/mol. The number of hydrogen-bond donors (Lipinski definition) is 2. The van der Waals surface area contributed by atoms with Crippen LogP contribution in [0.15, 0.2) is 29.3 Å². The molecule has 0 saturated carbocycles. The zero-order chi connectivity index (χ0) is 19.5. The van der Waals surface area contributed by atoms with E-state index in [2.05, 4.69) is 65.6 Å². The Balaban J connectivity index is 1.67. The summed E-state index contributed by atoms with van der Waals surface area (Å²) in [5.74, 6) is 1.57. The highest BCUT2D eigenvalue weighted by molar-refractivity contribution is 5.80. The molecule has 1 aliphatic heterocycles. The number of nitrogens with one attached hydrogen (secondary N) is 2. The van der Waals surface area contributed by atoms with Crippen LogP contribution in [0.1, 0.15) is 50.8 Å². The fraction of sp³-hybridized carbons (Fsp3) is 0.682. The first kappa shape index (κ1) is 21.7. The molecule has 1 heterocycles. The van der Waals surface area contributed by atoms with E-state index in [0.29, 0.717) is 5.92 Å². The summed E-state index contributed by atoms with van der Waals surface area (Å²) in [6, 6.07) is 9.18. The van der Waals surface area contributed by atoms with Crippen LogP contribution in [-0.2, 0) is 11.2 Å². The van der Waals surface area contributed by atoms with Crippen molar-refractivity contribution in [1.29, 1.82) is 0 Å². The lowest BCUT2D eigenvalue weighted by Crippen LogP contribution is -2.39. The quantitative estimate of drug-likeness (QED) is 0.396. The summed E-state index contributed by atoms with van der Waals surface area (Å²) < 4.78 is 5.39. The molecule has 1 aliphatic rings. The highest BCUT2D eigenvalue weighted by Crippen LogP contribution is 2.15. The Morgan fingerprint density at radius 1 is 1.11 bits per heavy atom. The van der Waals surface area contributed by atoms with Gasteiger partial charge in [-0.2, -0.15) is 0 Å². The van der Waals surface area contributed by atoms with Crippen molar-refractivity contribution in [3.05, 3.63) is 35.4 Å². The van der Waals surface area contributed by atoms with E-state index in [4.69, 9.17) is 4.74 Å². The number of aliphatic imine (C=N–C) groups is 1. The van der Waals surface area contributed by atoms with Gasteiger partial charge in [-0.15, -0.1) is 0 Å². The van der Waals surface area contributed by atoms with Gasteiger partial charge in [0.15, 0.2) is 5.96 Å². The normalized spacial score (nSPS) is 17.1. The van der Waals surface area contributed by atoms with E-state index in [1.807, 2.05) is 7.05 Å². The van der Waals surface area contributed by atoms with Crippen molar-refractivity contribution in [2.24, 2.45) is 10.9 Å². The SMILES string of the molecule is CN=C(NCCCCN1CCOCC1)NC(C)c1ccc(CC(C)C)cc1. The van der Waals surface area contributed by atoms with Gasteiger partial charge in [-0.05, 0) is 49.8 Å². The van der Waals surface area contributed by atoms with Gasteiger partial charge >= 0.3 is 0 Å². The molecule has 2 rings (SSSR count). The largest absolute Gasteiger partial charge is 0.379 e. The number of rotatable bonds is 9. The maximum Gasteiger partial charge on any atom is 0.191 e. The first-order valence-corrected chi connectivity index (χ1v) is 10.4. The average Bonchev–Trinajstić information content (AvgIpc) is 2.67. The molecule has 1 unspecified atom stereocenters. The summed E-state index contributed by atoms with van der Waals surface area (Å²) in [5, 5.41) is 6.94. The third-order valence-corrected chi connectivity index (χ3v) is 5.00. The molecule has 1 atom stereocenters. The van der Waals surface area contributed by atoms with E-state index in [0.717, 1.165) is 58.2 Å². The van der Waals surface area contributed by atoms with Gasteiger partial charge < -0.3 is 15.4 Å². The summed E-state index contributed by atoms with van der Waals surface area (Å²) >= 11 is 0. The molecule has 0 aliphatic carbocycles. The van der Waals surface area contributed by atoms with Gasteiger partial charge in [0.25, 0.3) is 0 Å². The van der Waals surface area contributed by atoms with E-state index < -0.39 is 0 Å². The maximum absolute atomic E-state index is 5.39. The molecule has 0 spiro atoms. The number of benzene rings is 1. The molecule has 0 amide bonds. The van der Waals surface area contributed by atoms with Gasteiger partial charge in [-0.1, -0.05) is 38.1 Å². The third-order valence-electron chi connectivity index (χ3n) is 5.00. The predicted octanol–water partition coefficient (Wildman–Crippen LogP) is 3.22. The van der Waals surface area contributed by atoms with Crippen LogP contribution in [0.25, 0.3) is 0 Å². The summed E-state index contributed by atoms with van der Waals surface area (Å²) in [4.78, 5) is 6.85. The van der Waals surface area contributed by atoms with Crippen LogP contribution in [0.4, 0.5) is 0 Å². The number of morpholine rings is 1. The van der Waals surface area contributed by atoms with Crippen LogP contribution in [0, 0.1) is 5.92 Å². The molecule has 2 N–H and O–H groups in total. The Hall–Kier alpha value is -1.59. The summed E-state index contributed by atoms with van der Waals surface area (Å²) in [7, 11) is 1.83. The van der Waals surface area contributed by atoms with Crippen LogP contribution in [-0.4, -0.2) is 57.3 Å². The van der Waals surface area contributed by atoms with E-state index in [-0.39, 0.29) is 6.04 Å². The molecule has 0 bridgehead atoms. The molecular weight excluding hydrogens is 336 g/mol. The second-order valence-corrected chi connectivity index (χ2v) is 7.87. The van der Waals surface area contributed by atoms with Crippen LogP contribution in [0.3, 0.4) is 0 Å². The molecule has 1 aromatic carbocycles. The lowest BCUT2D eigenvalue weighted by molar-refractivity contribution is 0.0372. The number of nitrogens with zero attached hydrogens (tertiary/aromatic N) is 2. The second-order valence-electron chi connectivity index (χ2n) is 7.87. The molecular formula is C22H38N4O. The number of hydrogen-bond acceptors (Lipinski definition) is 3. The second kappa shape index (κ2) is 12.0. The zero-order valence-electron chi connectivity index (χ0n) is 17.6. The van der Waals surface area contributed by atoms with E-state index in [1.165, 1.54) is 17.5 Å². The highest BCUT2D eigenvalue weighted by Gasteiger charge is 2.10. The Kier molecular flexibility index (Phi) is 9.64. The fourth-order valence-corrected chi connectivity index (χ4v) is 3.39. The maximum atomic E-state index is 5.39. The minimum Gasteiger partial charge on any atom is -0.379 e. The Labute approximate surface area is 165 Å². The lowest BCUT2D eigenvalue weighted by atomic mass is 10.00. The third kappa shape index (κ3) is 8.31. The van der Waals surface area contributed by atoms with Gasteiger partial charge in [0.1, 0.15) is 0 Å². The summed E-state index contributed by atoms with van der Waals surface area (Å²) in [6.07, 6.45) is 3.49. The minimum atomic E-state index is 0.234. The Morgan fingerprint density at radius 2 is 1.81 bits per heavy atom. The van der Waals surface area contributed by atoms with Crippen LogP contribution >= 0.6 is 0 Å². The van der Waals surface area contributed by atoms with Gasteiger partial charge in [0, 0.05) is 26.7 Å². The number of ether oxygens (including phenoxy) is 1. The van der Waals surface area contributed by atoms with Gasteiger partial charge in [-0.25, -0.2) is 0 Å². The van der Waals surface area contributed by atoms with Crippen molar-refractivity contribution < 1.29 is 4.74 Å². The molecule has 1 saturated heterocycles. The lowest BCUT2D eigenvalue weighted by Gasteiger charge is -2.26. The minimum absolute atomic E-state index is 0.234. The average molecular weight is 375 g/mol. The van der Waals surface area contributed by atoms with Crippen LogP contribution in [0.2, 0.25) is 0 Å². The summed E-state index contributed by atoms with van der Waals surface area (Å²) in [6.45, 7) is 12.7. The first-order chi connectivity index (χ1) is 13.1. The van der Waals surface area contributed by atoms with Crippen molar-refractivity contribution in [2.45, 2.75) is 46.1 Å². The van der Waals surface area contributed by atoms with Gasteiger partial charge in [0.05, 0.1) is 19.3 Å². The van der Waals surface area contributed by atoms with Gasteiger partial charge in [0.2, 0.25) is 0 Å². The van der Waals surface area contributed by atoms with E-state index in [1.54, 1.807) is 0 Å². The van der Waals surface area contributed by atoms with Crippen molar-refractivity contribution >= 4 is 5.96 Å². The molecule has 5 nitrogen and oxygen atoms in total. The monoisotopic (exact) mass is 374 g/mol. The molecule has 0 aromatic heterocycles. The van der Waals surface area contributed by atoms with Gasteiger partial charge in [-0.3, -0.25) is 9.89 Å². The number of unbranched alkanes of at least 4 members (excludes halogenated alkanes) is 1. The molecule has 5 heteroatoms. The molecule has 27 heavy (non-hydrogen) atoms. The molecule has 152 valence electrons. The van der Waals surface area contributed by atoms with Crippen molar-refractivity contribution in [2.75, 3.05) is 46.4 Å². The Morgan fingerprint density at radius 3 is 2.44 bits per heavy atom. The topological polar surface area (TPSA) is 48.9 Å². The summed E-state index contributed by atoms with van der Waals surface area (Å²) in [5.41, 5.74) is 2.70. The molecule has 1 aromatic rings. The highest BCUT2D eigenvalue weighted by atomic mass is 16.5. The van der Waals surface area contributed by atoms with Crippen molar-refractivity contribution in [3.63, 3.8) is 0 Å². The van der Waals surface area contributed by atoms with Crippen molar-refractivity contribution in [1.82, 2.24) is 15.5 Å². The number of guanidine groups is 1. The van der Waals surface area contributed by atoms with E-state index in [9.17, 15) is 0 Å². The van der Waals surface area contributed by atoms with E-state index >= 15 is 0 Å². The van der Waals surface area contributed by atoms with Crippen LogP contribution < -0.4 is 10.6 Å². The van der Waals surface area contributed by atoms with Crippen LogP contribution in [0.5, 0.6) is 0 Å². The fourth-order valence-electron chi connectivity index (χ4n) is 3.39. The first-order valence-electron chi connectivity index (χ1n) is 10.4. The molecule has 0 radical (unpaired) electrons. The zero-order valence-corrected chi connectivity index (χ0v) is 17.6. The molecule has 1 fully saturated rings. The smallest absolute Gasteiger partial charge is 0.191 e. The standard InChI is InChI=1S/C22H38N4O/c1-18(2)17-20-7-9-21(10-8-20)19(3)25-22(23-4)24-11-5-6-12-26-13-15-27-16-14-26/h7-10,18-19H,5-6,11-17H2,1-4H3,(H2,23,24,25). The Bertz CT molecular complexity index is 550.